The standard InChI is InChI=1S/C16H19N5S/c1-2-12(14-5-7-17-19-14)10-21(9-1)11-13-3-4-16(22-13)15-6-8-18-20-15/h3-8,12H,1-2,9-11H2,(H,17,19)(H,18,20). The first kappa shape index (κ1) is 13.7. The number of aromatic nitrogens is 4. The molecule has 0 aromatic carbocycles. The predicted molar refractivity (Wildman–Crippen MR) is 87.7 cm³/mol. The molecule has 6 heteroatoms. The maximum atomic E-state index is 4.09. The number of H-pyrrole nitrogens is 2. The highest BCUT2D eigenvalue weighted by atomic mass is 32.1. The molecule has 0 bridgehead atoms. The Morgan fingerprint density at radius 3 is 2.86 bits per heavy atom. The van der Waals surface area contributed by atoms with E-state index in [1.807, 2.05) is 23.6 Å². The van der Waals surface area contributed by atoms with Crippen LogP contribution in [0.15, 0.2) is 36.7 Å². The zero-order chi connectivity index (χ0) is 14.8. The van der Waals surface area contributed by atoms with Crippen LogP contribution in [-0.4, -0.2) is 38.4 Å². The Bertz CT molecular complexity index is 701. The number of hydrogen-bond acceptors (Lipinski definition) is 4. The molecule has 4 heterocycles. The molecule has 1 aliphatic heterocycles. The van der Waals surface area contributed by atoms with E-state index in [0.717, 1.165) is 18.8 Å². The van der Waals surface area contributed by atoms with Crippen molar-refractivity contribution in [2.24, 2.45) is 0 Å². The molecule has 0 spiro atoms. The molecular formula is C16H19N5S. The highest BCUT2D eigenvalue weighted by Crippen LogP contribution is 2.30. The normalized spacial score (nSPS) is 19.5. The number of piperidine rings is 1. The van der Waals surface area contributed by atoms with Crippen molar-refractivity contribution in [3.8, 4) is 10.6 Å². The van der Waals surface area contributed by atoms with Crippen molar-refractivity contribution in [2.45, 2.75) is 25.3 Å². The Hall–Kier alpha value is -1.92. The van der Waals surface area contributed by atoms with Crippen molar-refractivity contribution in [1.29, 1.82) is 0 Å². The summed E-state index contributed by atoms with van der Waals surface area (Å²) < 4.78 is 0. The molecule has 5 nitrogen and oxygen atoms in total. The number of aromatic amines is 2. The van der Waals surface area contributed by atoms with E-state index in [0.29, 0.717) is 5.92 Å². The van der Waals surface area contributed by atoms with Crippen molar-refractivity contribution in [3.05, 3.63) is 47.2 Å². The lowest BCUT2D eigenvalue weighted by Crippen LogP contribution is -2.33. The van der Waals surface area contributed by atoms with Gasteiger partial charge in [0.05, 0.1) is 10.6 Å². The van der Waals surface area contributed by atoms with E-state index in [1.165, 1.54) is 34.8 Å². The van der Waals surface area contributed by atoms with E-state index in [9.17, 15) is 0 Å². The van der Waals surface area contributed by atoms with Crippen LogP contribution >= 0.6 is 11.3 Å². The lowest BCUT2D eigenvalue weighted by Gasteiger charge is -2.31. The van der Waals surface area contributed by atoms with Gasteiger partial charge in [0.15, 0.2) is 0 Å². The molecule has 0 saturated carbocycles. The molecule has 0 amide bonds. The van der Waals surface area contributed by atoms with Gasteiger partial charge in [-0.15, -0.1) is 11.3 Å². The largest absolute Gasteiger partial charge is 0.298 e. The number of thiophene rings is 1. The van der Waals surface area contributed by atoms with Gasteiger partial charge in [-0.2, -0.15) is 10.2 Å². The number of hydrogen-bond donors (Lipinski definition) is 2. The Balaban J connectivity index is 1.43. The molecule has 3 aromatic heterocycles. The molecule has 0 radical (unpaired) electrons. The molecule has 4 rings (SSSR count). The van der Waals surface area contributed by atoms with E-state index >= 15 is 0 Å². The molecule has 1 unspecified atom stereocenters. The summed E-state index contributed by atoms with van der Waals surface area (Å²) in [7, 11) is 0. The van der Waals surface area contributed by atoms with Crippen LogP contribution in [-0.2, 0) is 6.54 Å². The first-order chi connectivity index (χ1) is 10.9. The summed E-state index contributed by atoms with van der Waals surface area (Å²) in [5.74, 6) is 0.586. The fourth-order valence-electron chi connectivity index (χ4n) is 3.17. The van der Waals surface area contributed by atoms with Crippen LogP contribution < -0.4 is 0 Å². The summed E-state index contributed by atoms with van der Waals surface area (Å²) in [5, 5.41) is 14.3. The van der Waals surface area contributed by atoms with Crippen molar-refractivity contribution >= 4 is 11.3 Å². The fourth-order valence-corrected chi connectivity index (χ4v) is 4.19. The van der Waals surface area contributed by atoms with E-state index in [4.69, 9.17) is 0 Å². The highest BCUT2D eigenvalue weighted by molar-refractivity contribution is 7.15. The minimum absolute atomic E-state index is 0.586. The fraction of sp³-hybridized carbons (Fsp3) is 0.375. The van der Waals surface area contributed by atoms with Crippen molar-refractivity contribution in [3.63, 3.8) is 0 Å². The van der Waals surface area contributed by atoms with Gasteiger partial charge in [0.2, 0.25) is 0 Å². The number of nitrogens with zero attached hydrogens (tertiary/aromatic N) is 3. The molecule has 22 heavy (non-hydrogen) atoms. The summed E-state index contributed by atoms with van der Waals surface area (Å²) in [6.45, 7) is 3.32. The van der Waals surface area contributed by atoms with Gasteiger partial charge in [-0.25, -0.2) is 0 Å². The van der Waals surface area contributed by atoms with E-state index in [1.54, 1.807) is 6.20 Å². The average Bonchev–Trinajstić information content (AvgIpc) is 3.29. The summed E-state index contributed by atoms with van der Waals surface area (Å²) in [6, 6.07) is 8.55. The van der Waals surface area contributed by atoms with Crippen LogP contribution in [0.2, 0.25) is 0 Å². The van der Waals surface area contributed by atoms with Crippen LogP contribution in [0, 0.1) is 0 Å². The van der Waals surface area contributed by atoms with Gasteiger partial charge in [0, 0.05) is 42.0 Å². The maximum Gasteiger partial charge on any atom is 0.0749 e. The molecule has 114 valence electrons. The van der Waals surface area contributed by atoms with Crippen LogP contribution in [0.1, 0.15) is 29.3 Å². The first-order valence-electron chi connectivity index (χ1n) is 7.68. The molecule has 0 aliphatic carbocycles. The van der Waals surface area contributed by atoms with Gasteiger partial charge in [0.25, 0.3) is 0 Å². The van der Waals surface area contributed by atoms with Crippen molar-refractivity contribution < 1.29 is 0 Å². The van der Waals surface area contributed by atoms with E-state index < -0.39 is 0 Å². The SMILES string of the molecule is c1cc(-c2ccc(CN3CCCC(c4ccn[nH]4)C3)s2)[nH]n1. The summed E-state index contributed by atoms with van der Waals surface area (Å²) in [6.07, 6.45) is 6.16. The summed E-state index contributed by atoms with van der Waals surface area (Å²) in [4.78, 5) is 5.22. The summed E-state index contributed by atoms with van der Waals surface area (Å²) in [5.41, 5.74) is 2.37. The zero-order valence-corrected chi connectivity index (χ0v) is 13.1. The number of likely N-dealkylation sites (tertiary alicyclic amines) is 1. The average molecular weight is 313 g/mol. The van der Waals surface area contributed by atoms with Crippen LogP contribution in [0.25, 0.3) is 10.6 Å². The van der Waals surface area contributed by atoms with Crippen LogP contribution in [0.4, 0.5) is 0 Å². The third-order valence-electron chi connectivity index (χ3n) is 4.27. The Morgan fingerprint density at radius 2 is 2.05 bits per heavy atom. The van der Waals surface area contributed by atoms with Crippen LogP contribution in [0.5, 0.6) is 0 Å². The predicted octanol–water partition coefficient (Wildman–Crippen LogP) is 3.24. The zero-order valence-electron chi connectivity index (χ0n) is 12.3. The molecule has 3 aromatic rings. The third-order valence-corrected chi connectivity index (χ3v) is 5.38. The minimum Gasteiger partial charge on any atom is -0.298 e. The first-order valence-corrected chi connectivity index (χ1v) is 8.50. The van der Waals surface area contributed by atoms with Gasteiger partial charge >= 0.3 is 0 Å². The second-order valence-corrected chi connectivity index (χ2v) is 6.99. The van der Waals surface area contributed by atoms with Crippen molar-refractivity contribution in [1.82, 2.24) is 25.3 Å². The van der Waals surface area contributed by atoms with Gasteiger partial charge in [-0.3, -0.25) is 15.1 Å². The minimum atomic E-state index is 0.586. The Labute approximate surface area is 133 Å². The topological polar surface area (TPSA) is 60.6 Å². The van der Waals surface area contributed by atoms with Gasteiger partial charge < -0.3 is 0 Å². The quantitative estimate of drug-likeness (QED) is 0.777. The molecular weight excluding hydrogens is 294 g/mol. The molecule has 1 fully saturated rings. The smallest absolute Gasteiger partial charge is 0.0749 e. The second kappa shape index (κ2) is 6.06. The molecule has 2 N–H and O–H groups in total. The van der Waals surface area contributed by atoms with Crippen molar-refractivity contribution in [2.75, 3.05) is 13.1 Å². The Morgan fingerprint density at radius 1 is 1.14 bits per heavy atom. The molecule has 1 atom stereocenters. The molecule has 1 aliphatic rings. The molecule has 1 saturated heterocycles. The number of nitrogens with one attached hydrogen (secondary N) is 2. The highest BCUT2D eigenvalue weighted by Gasteiger charge is 2.22. The van der Waals surface area contributed by atoms with Crippen LogP contribution in [0.3, 0.4) is 0 Å². The van der Waals surface area contributed by atoms with Gasteiger partial charge in [-0.1, -0.05) is 0 Å². The number of rotatable bonds is 4. The van der Waals surface area contributed by atoms with Gasteiger partial charge in [-0.05, 0) is 43.7 Å². The lowest BCUT2D eigenvalue weighted by molar-refractivity contribution is 0.200. The monoisotopic (exact) mass is 313 g/mol. The maximum absolute atomic E-state index is 4.09. The van der Waals surface area contributed by atoms with E-state index in [2.05, 4.69) is 43.5 Å². The second-order valence-electron chi connectivity index (χ2n) is 5.82. The van der Waals surface area contributed by atoms with Gasteiger partial charge in [0.1, 0.15) is 0 Å². The van der Waals surface area contributed by atoms with E-state index in [-0.39, 0.29) is 0 Å². The summed E-state index contributed by atoms with van der Waals surface area (Å²) >= 11 is 1.85. The Kier molecular flexibility index (Phi) is 3.78. The lowest BCUT2D eigenvalue weighted by atomic mass is 9.95. The third kappa shape index (κ3) is 2.84.